The third-order valence-corrected chi connectivity index (χ3v) is 3.85. The van der Waals surface area contributed by atoms with E-state index in [0.717, 1.165) is 23.4 Å². The van der Waals surface area contributed by atoms with Crippen LogP contribution in [0, 0.1) is 6.92 Å². The first kappa shape index (κ1) is 16.4. The van der Waals surface area contributed by atoms with Crippen LogP contribution < -0.4 is 10.6 Å². The van der Waals surface area contributed by atoms with Crippen molar-refractivity contribution in [1.29, 1.82) is 0 Å². The van der Waals surface area contributed by atoms with Crippen molar-refractivity contribution in [2.45, 2.75) is 26.3 Å². The molecule has 1 atom stereocenters. The lowest BCUT2D eigenvalue weighted by molar-refractivity contribution is 0.249. The molecule has 2 aromatic rings. The molecule has 0 bridgehead atoms. The van der Waals surface area contributed by atoms with Gasteiger partial charge in [-0.05, 0) is 36.9 Å². The molecule has 0 unspecified atom stereocenters. The molecule has 0 aliphatic rings. The Hall–Kier alpha value is -2.02. The van der Waals surface area contributed by atoms with Crippen LogP contribution in [0.25, 0.3) is 11.5 Å². The van der Waals surface area contributed by atoms with Gasteiger partial charge in [0.1, 0.15) is 0 Å². The molecule has 0 fully saturated rings. The van der Waals surface area contributed by atoms with E-state index in [1.54, 1.807) is 18.7 Å². The number of urea groups is 1. The topological polar surface area (TPSA) is 80.0 Å². The minimum Gasteiger partial charge on any atom is -0.421 e. The van der Waals surface area contributed by atoms with Crippen LogP contribution in [0.5, 0.6) is 0 Å². The summed E-state index contributed by atoms with van der Waals surface area (Å²) in [6.07, 6.45) is 2.93. The average molecular weight is 320 g/mol. The van der Waals surface area contributed by atoms with E-state index in [1.165, 1.54) is 0 Å². The van der Waals surface area contributed by atoms with Gasteiger partial charge in [0.2, 0.25) is 11.8 Å². The molecule has 7 heteroatoms. The normalized spacial score (nSPS) is 12.0. The smallest absolute Gasteiger partial charge is 0.319 e. The third-order valence-electron chi connectivity index (χ3n) is 3.11. The van der Waals surface area contributed by atoms with Crippen molar-refractivity contribution in [3.63, 3.8) is 0 Å². The first-order chi connectivity index (χ1) is 10.6. The Kier molecular flexibility index (Phi) is 5.83. The minimum absolute atomic E-state index is 0.177. The number of thioether (sulfide) groups is 1. The summed E-state index contributed by atoms with van der Waals surface area (Å²) in [5.41, 5.74) is 1.54. The van der Waals surface area contributed by atoms with Crippen LogP contribution in [0.15, 0.2) is 28.7 Å². The maximum absolute atomic E-state index is 11.9. The van der Waals surface area contributed by atoms with Crippen molar-refractivity contribution in [2.24, 2.45) is 0 Å². The van der Waals surface area contributed by atoms with Crippen molar-refractivity contribution < 1.29 is 9.21 Å². The summed E-state index contributed by atoms with van der Waals surface area (Å²) in [7, 11) is 0. The lowest BCUT2D eigenvalue weighted by Crippen LogP contribution is -2.39. The zero-order valence-electron chi connectivity index (χ0n) is 12.9. The number of rotatable bonds is 6. The second-order valence-electron chi connectivity index (χ2n) is 4.86. The van der Waals surface area contributed by atoms with Crippen molar-refractivity contribution in [3.05, 3.63) is 30.2 Å². The Morgan fingerprint density at radius 3 is 2.59 bits per heavy atom. The predicted octanol–water partition coefficient (Wildman–Crippen LogP) is 3.31. The summed E-state index contributed by atoms with van der Waals surface area (Å²) in [4.78, 5) is 11.9. The summed E-state index contributed by atoms with van der Waals surface area (Å²) in [6.45, 7) is 3.80. The minimum atomic E-state index is -0.192. The second kappa shape index (κ2) is 7.84. The molecule has 118 valence electrons. The molecule has 0 saturated heterocycles. The van der Waals surface area contributed by atoms with Crippen LogP contribution in [-0.2, 0) is 0 Å². The predicted molar refractivity (Wildman–Crippen MR) is 89.1 cm³/mol. The quantitative estimate of drug-likeness (QED) is 0.853. The van der Waals surface area contributed by atoms with Gasteiger partial charge >= 0.3 is 6.03 Å². The first-order valence-corrected chi connectivity index (χ1v) is 8.48. The fraction of sp³-hybridized carbons (Fsp3) is 0.400. The van der Waals surface area contributed by atoms with E-state index in [1.807, 2.05) is 30.5 Å². The van der Waals surface area contributed by atoms with Gasteiger partial charge in [-0.15, -0.1) is 10.2 Å². The molecular weight excluding hydrogens is 300 g/mol. The molecular formula is C15H20N4O2S. The van der Waals surface area contributed by atoms with Gasteiger partial charge in [-0.1, -0.05) is 6.92 Å². The molecule has 0 saturated carbocycles. The molecule has 1 heterocycles. The van der Waals surface area contributed by atoms with E-state index in [2.05, 4.69) is 27.8 Å². The number of nitrogens with zero attached hydrogens (tertiary/aromatic N) is 2. The van der Waals surface area contributed by atoms with E-state index < -0.39 is 0 Å². The van der Waals surface area contributed by atoms with E-state index >= 15 is 0 Å². The van der Waals surface area contributed by atoms with Gasteiger partial charge in [0.25, 0.3) is 0 Å². The molecule has 0 aliphatic heterocycles. The fourth-order valence-electron chi connectivity index (χ4n) is 1.92. The zero-order chi connectivity index (χ0) is 15.9. The molecule has 0 radical (unpaired) electrons. The van der Waals surface area contributed by atoms with Gasteiger partial charge in [0.05, 0.1) is 0 Å². The number of carbonyl (C=O) groups is 1. The highest BCUT2D eigenvalue weighted by molar-refractivity contribution is 7.98. The molecule has 6 nitrogen and oxygen atoms in total. The van der Waals surface area contributed by atoms with Crippen LogP contribution >= 0.6 is 11.8 Å². The SMILES string of the molecule is CC[C@H](CSC)NC(=O)Nc1ccc(-c2nnc(C)o2)cc1. The van der Waals surface area contributed by atoms with Gasteiger partial charge in [-0.3, -0.25) is 0 Å². The standard InChI is InChI=1S/C15H20N4O2S/c1-4-12(9-22-3)16-15(20)17-13-7-5-11(6-8-13)14-19-18-10(2)21-14/h5-8,12H,4,9H2,1-3H3,(H2,16,17,20)/t12-/m1/s1. The van der Waals surface area contributed by atoms with Gasteiger partial charge < -0.3 is 15.1 Å². The largest absolute Gasteiger partial charge is 0.421 e. The number of hydrogen-bond acceptors (Lipinski definition) is 5. The number of amides is 2. The first-order valence-electron chi connectivity index (χ1n) is 7.09. The molecule has 22 heavy (non-hydrogen) atoms. The molecule has 0 spiro atoms. The highest BCUT2D eigenvalue weighted by Crippen LogP contribution is 2.20. The Labute approximate surface area is 134 Å². The van der Waals surface area contributed by atoms with Crippen molar-refractivity contribution >= 4 is 23.5 Å². The summed E-state index contributed by atoms with van der Waals surface area (Å²) in [5.74, 6) is 1.90. The Morgan fingerprint density at radius 1 is 1.32 bits per heavy atom. The van der Waals surface area contributed by atoms with E-state index in [0.29, 0.717) is 11.8 Å². The maximum Gasteiger partial charge on any atom is 0.319 e. The van der Waals surface area contributed by atoms with Crippen molar-refractivity contribution in [3.8, 4) is 11.5 Å². The molecule has 2 N–H and O–H groups in total. The molecule has 2 rings (SSSR count). The van der Waals surface area contributed by atoms with Crippen molar-refractivity contribution in [2.75, 3.05) is 17.3 Å². The van der Waals surface area contributed by atoms with Gasteiger partial charge in [-0.25, -0.2) is 4.79 Å². The number of nitrogens with one attached hydrogen (secondary N) is 2. The average Bonchev–Trinajstić information content (AvgIpc) is 2.94. The van der Waals surface area contributed by atoms with Crippen LogP contribution in [0.2, 0.25) is 0 Å². The van der Waals surface area contributed by atoms with Crippen LogP contribution in [0.4, 0.5) is 10.5 Å². The highest BCUT2D eigenvalue weighted by Gasteiger charge is 2.10. The molecule has 1 aromatic heterocycles. The summed E-state index contributed by atoms with van der Waals surface area (Å²) in [5, 5.41) is 13.5. The van der Waals surface area contributed by atoms with Gasteiger partial charge in [0.15, 0.2) is 0 Å². The lowest BCUT2D eigenvalue weighted by atomic mass is 10.2. The Morgan fingerprint density at radius 2 is 2.05 bits per heavy atom. The number of carbonyl (C=O) groups excluding carboxylic acids is 1. The van der Waals surface area contributed by atoms with Gasteiger partial charge in [-0.2, -0.15) is 11.8 Å². The third kappa shape index (κ3) is 4.49. The number of hydrogen-bond donors (Lipinski definition) is 2. The molecule has 2 amide bonds. The molecule has 0 aliphatic carbocycles. The van der Waals surface area contributed by atoms with Crippen LogP contribution in [-0.4, -0.2) is 34.3 Å². The van der Waals surface area contributed by atoms with Crippen LogP contribution in [0.1, 0.15) is 19.2 Å². The summed E-state index contributed by atoms with van der Waals surface area (Å²) in [6, 6.07) is 7.27. The summed E-state index contributed by atoms with van der Waals surface area (Å²) < 4.78 is 5.36. The molecule has 1 aromatic carbocycles. The second-order valence-corrected chi connectivity index (χ2v) is 5.77. The van der Waals surface area contributed by atoms with E-state index in [4.69, 9.17) is 4.42 Å². The van der Waals surface area contributed by atoms with Crippen molar-refractivity contribution in [1.82, 2.24) is 15.5 Å². The number of aryl methyl sites for hydroxylation is 1. The monoisotopic (exact) mass is 320 g/mol. The lowest BCUT2D eigenvalue weighted by Gasteiger charge is -2.16. The number of aromatic nitrogens is 2. The van der Waals surface area contributed by atoms with Gasteiger partial charge in [0, 0.05) is 30.0 Å². The maximum atomic E-state index is 11.9. The Bertz CT molecular complexity index is 612. The Balaban J connectivity index is 1.94. The number of benzene rings is 1. The van der Waals surface area contributed by atoms with E-state index in [-0.39, 0.29) is 12.1 Å². The van der Waals surface area contributed by atoms with E-state index in [9.17, 15) is 4.79 Å². The number of anilines is 1. The summed E-state index contributed by atoms with van der Waals surface area (Å²) >= 11 is 1.72. The zero-order valence-corrected chi connectivity index (χ0v) is 13.7. The highest BCUT2D eigenvalue weighted by atomic mass is 32.2. The van der Waals surface area contributed by atoms with Crippen LogP contribution in [0.3, 0.4) is 0 Å². The fourth-order valence-corrected chi connectivity index (χ4v) is 2.65.